The zero-order valence-corrected chi connectivity index (χ0v) is 16.5. The summed E-state index contributed by atoms with van der Waals surface area (Å²) in [5.74, 6) is 1.55. The molecule has 0 atom stereocenters. The molecule has 1 aliphatic carbocycles. The molecule has 0 aromatic carbocycles. The van der Waals surface area contributed by atoms with Crippen LogP contribution in [0.3, 0.4) is 0 Å². The molecule has 0 unspecified atom stereocenters. The van der Waals surface area contributed by atoms with Crippen molar-refractivity contribution in [2.24, 2.45) is 0 Å². The van der Waals surface area contributed by atoms with Crippen molar-refractivity contribution in [1.29, 1.82) is 0 Å². The van der Waals surface area contributed by atoms with Crippen LogP contribution in [0, 0.1) is 20.8 Å². The number of nitrogens with zero attached hydrogens (tertiary/aromatic N) is 4. The fourth-order valence-electron chi connectivity index (χ4n) is 3.99. The Hall–Kier alpha value is -1.56. The highest BCUT2D eigenvalue weighted by molar-refractivity contribution is 7.99. The van der Waals surface area contributed by atoms with Crippen LogP contribution >= 0.6 is 11.8 Å². The number of ketones is 1. The molecule has 136 valence electrons. The van der Waals surface area contributed by atoms with Gasteiger partial charge in [-0.3, -0.25) is 4.79 Å². The smallest absolute Gasteiger partial charge is 0.191 e. The van der Waals surface area contributed by atoms with Gasteiger partial charge in [0.1, 0.15) is 5.82 Å². The molecule has 0 saturated heterocycles. The zero-order chi connectivity index (χ0) is 18.0. The van der Waals surface area contributed by atoms with E-state index in [4.69, 9.17) is 0 Å². The topological polar surface area (TPSA) is 52.7 Å². The van der Waals surface area contributed by atoms with Gasteiger partial charge in [0.05, 0.1) is 5.75 Å². The molecule has 6 heteroatoms. The average molecular weight is 361 g/mol. The van der Waals surface area contributed by atoms with Crippen LogP contribution in [0.2, 0.25) is 0 Å². The highest BCUT2D eigenvalue weighted by Crippen LogP contribution is 2.32. The number of carbonyl (C=O) groups excluding carboxylic acids is 1. The molecule has 2 aromatic heterocycles. The molecular weight excluding hydrogens is 332 g/mol. The van der Waals surface area contributed by atoms with Crippen LogP contribution in [0.15, 0.2) is 11.2 Å². The van der Waals surface area contributed by atoms with Gasteiger partial charge in [-0.2, -0.15) is 0 Å². The van der Waals surface area contributed by atoms with Crippen molar-refractivity contribution in [2.75, 3.05) is 5.75 Å². The lowest BCUT2D eigenvalue weighted by Gasteiger charge is -2.24. The van der Waals surface area contributed by atoms with Crippen molar-refractivity contribution >= 4 is 17.5 Å². The molecule has 2 aromatic rings. The summed E-state index contributed by atoms with van der Waals surface area (Å²) >= 11 is 1.53. The Morgan fingerprint density at radius 2 is 1.92 bits per heavy atom. The number of aryl methyl sites for hydroxylation is 2. The van der Waals surface area contributed by atoms with E-state index in [1.165, 1.54) is 43.9 Å². The van der Waals surface area contributed by atoms with E-state index in [1.54, 1.807) is 0 Å². The lowest BCUT2D eigenvalue weighted by molar-refractivity contribution is 0.102. The van der Waals surface area contributed by atoms with Gasteiger partial charge in [0, 0.05) is 29.5 Å². The number of rotatable bonds is 6. The van der Waals surface area contributed by atoms with Crippen LogP contribution < -0.4 is 0 Å². The van der Waals surface area contributed by atoms with Crippen LogP contribution in [-0.2, 0) is 6.54 Å². The van der Waals surface area contributed by atoms with Crippen molar-refractivity contribution in [3.63, 3.8) is 0 Å². The molecule has 3 rings (SSSR count). The van der Waals surface area contributed by atoms with Crippen molar-refractivity contribution in [3.05, 3.63) is 28.8 Å². The Morgan fingerprint density at radius 3 is 2.56 bits per heavy atom. The highest BCUT2D eigenvalue weighted by atomic mass is 32.2. The van der Waals surface area contributed by atoms with Gasteiger partial charge in [-0.1, -0.05) is 31.0 Å². The standard InChI is InChI=1S/C19H28N4OS/c1-5-22-13(2)11-17(14(22)3)18(24)12-25-19-21-20-15(4)23(19)16-9-7-6-8-10-16/h11,16H,5-10,12H2,1-4H3. The lowest BCUT2D eigenvalue weighted by Crippen LogP contribution is -2.15. The first-order chi connectivity index (χ1) is 12.0. The van der Waals surface area contributed by atoms with Crippen molar-refractivity contribution < 1.29 is 4.79 Å². The van der Waals surface area contributed by atoms with Gasteiger partial charge in [0.15, 0.2) is 10.9 Å². The van der Waals surface area contributed by atoms with Gasteiger partial charge in [-0.05, 0) is 46.6 Å². The van der Waals surface area contributed by atoms with Crippen LogP contribution in [0.5, 0.6) is 0 Å². The first-order valence-electron chi connectivity index (χ1n) is 9.27. The van der Waals surface area contributed by atoms with Gasteiger partial charge >= 0.3 is 0 Å². The number of hydrogen-bond acceptors (Lipinski definition) is 4. The molecule has 0 bridgehead atoms. The predicted octanol–water partition coefficient (Wildman–Crippen LogP) is 4.50. The first kappa shape index (κ1) is 18.2. The quantitative estimate of drug-likeness (QED) is 0.562. The third-order valence-electron chi connectivity index (χ3n) is 5.30. The number of carbonyl (C=O) groups is 1. The fraction of sp³-hybridized carbons (Fsp3) is 0.632. The number of Topliss-reactive ketones (excluding diaryl/α,β-unsaturated/α-hetero) is 1. The Balaban J connectivity index is 1.73. The molecule has 0 aliphatic heterocycles. The third-order valence-corrected chi connectivity index (χ3v) is 6.24. The summed E-state index contributed by atoms with van der Waals surface area (Å²) in [5, 5.41) is 9.50. The number of aromatic nitrogens is 4. The second-order valence-corrected chi connectivity index (χ2v) is 7.88. The van der Waals surface area contributed by atoms with Crippen LogP contribution in [0.1, 0.15) is 72.6 Å². The molecule has 0 amide bonds. The Labute approximate surface area is 154 Å². The van der Waals surface area contributed by atoms with Gasteiger partial charge in [-0.15, -0.1) is 10.2 Å². The summed E-state index contributed by atoms with van der Waals surface area (Å²) in [5.41, 5.74) is 3.05. The maximum absolute atomic E-state index is 12.7. The van der Waals surface area contributed by atoms with E-state index in [0.717, 1.165) is 34.5 Å². The SMILES string of the molecule is CCn1c(C)cc(C(=O)CSc2nnc(C)n2C2CCCCC2)c1C. The molecule has 0 radical (unpaired) electrons. The average Bonchev–Trinajstić information content (AvgIpc) is 3.12. The first-order valence-corrected chi connectivity index (χ1v) is 10.3. The molecule has 1 fully saturated rings. The van der Waals surface area contributed by atoms with Crippen LogP contribution in [0.4, 0.5) is 0 Å². The summed E-state index contributed by atoms with van der Waals surface area (Å²) in [6.07, 6.45) is 6.25. The molecule has 0 N–H and O–H groups in total. The molecule has 0 spiro atoms. The van der Waals surface area contributed by atoms with E-state index in [0.29, 0.717) is 11.8 Å². The second kappa shape index (κ2) is 7.77. The maximum Gasteiger partial charge on any atom is 0.191 e. The van der Waals surface area contributed by atoms with E-state index >= 15 is 0 Å². The highest BCUT2D eigenvalue weighted by Gasteiger charge is 2.22. The van der Waals surface area contributed by atoms with Gasteiger partial charge < -0.3 is 9.13 Å². The van der Waals surface area contributed by atoms with Crippen LogP contribution in [-0.4, -0.2) is 30.9 Å². The van der Waals surface area contributed by atoms with Crippen molar-refractivity contribution in [3.8, 4) is 0 Å². The number of hydrogen-bond donors (Lipinski definition) is 0. The summed E-state index contributed by atoms with van der Waals surface area (Å²) < 4.78 is 4.44. The lowest BCUT2D eigenvalue weighted by atomic mass is 9.95. The Morgan fingerprint density at radius 1 is 1.20 bits per heavy atom. The molecular formula is C19H28N4OS. The second-order valence-electron chi connectivity index (χ2n) is 6.93. The Bertz CT molecular complexity index is 756. The molecule has 5 nitrogen and oxygen atoms in total. The van der Waals surface area contributed by atoms with E-state index in [1.807, 2.05) is 19.9 Å². The third kappa shape index (κ3) is 3.68. The molecule has 25 heavy (non-hydrogen) atoms. The normalized spacial score (nSPS) is 15.7. The minimum atomic E-state index is 0.175. The van der Waals surface area contributed by atoms with E-state index in [9.17, 15) is 4.79 Å². The predicted molar refractivity (Wildman–Crippen MR) is 102 cm³/mol. The van der Waals surface area contributed by atoms with Crippen molar-refractivity contribution in [2.45, 2.75) is 77.5 Å². The fourth-order valence-corrected chi connectivity index (χ4v) is 4.92. The minimum absolute atomic E-state index is 0.175. The maximum atomic E-state index is 12.7. The van der Waals surface area contributed by atoms with E-state index in [-0.39, 0.29) is 5.78 Å². The van der Waals surface area contributed by atoms with E-state index < -0.39 is 0 Å². The van der Waals surface area contributed by atoms with E-state index in [2.05, 4.69) is 33.2 Å². The minimum Gasteiger partial charge on any atom is -0.349 e. The summed E-state index contributed by atoms with van der Waals surface area (Å²) in [7, 11) is 0. The molecule has 1 saturated carbocycles. The molecule has 1 aliphatic rings. The summed E-state index contributed by atoms with van der Waals surface area (Å²) in [6.45, 7) is 9.11. The largest absolute Gasteiger partial charge is 0.349 e. The number of thioether (sulfide) groups is 1. The summed E-state index contributed by atoms with van der Waals surface area (Å²) in [4.78, 5) is 12.7. The molecule has 2 heterocycles. The summed E-state index contributed by atoms with van der Waals surface area (Å²) in [6, 6.07) is 2.50. The van der Waals surface area contributed by atoms with Gasteiger partial charge in [-0.25, -0.2) is 0 Å². The zero-order valence-electron chi connectivity index (χ0n) is 15.7. The monoisotopic (exact) mass is 360 g/mol. The van der Waals surface area contributed by atoms with Crippen molar-refractivity contribution in [1.82, 2.24) is 19.3 Å². The van der Waals surface area contributed by atoms with Gasteiger partial charge in [0.25, 0.3) is 0 Å². The Kier molecular flexibility index (Phi) is 5.67. The van der Waals surface area contributed by atoms with Gasteiger partial charge in [0.2, 0.25) is 0 Å². The van der Waals surface area contributed by atoms with Crippen LogP contribution in [0.25, 0.3) is 0 Å².